The summed E-state index contributed by atoms with van der Waals surface area (Å²) in [6.07, 6.45) is 0.0820. The van der Waals surface area contributed by atoms with Crippen molar-refractivity contribution >= 4 is 23.7 Å². The van der Waals surface area contributed by atoms with Crippen LogP contribution in [0.1, 0.15) is 12.5 Å². The number of hydrogen-bond donors (Lipinski definition) is 2. The van der Waals surface area contributed by atoms with Crippen molar-refractivity contribution in [1.82, 2.24) is 4.42 Å². The first-order chi connectivity index (χ1) is 7.91. The Kier molecular flexibility index (Phi) is 4.34. The van der Waals surface area contributed by atoms with Crippen LogP contribution in [0.3, 0.4) is 0 Å². The smallest absolute Gasteiger partial charge is 0.328 e. The normalized spacial score (nSPS) is 11.9. The molecule has 92 valence electrons. The fourth-order valence-electron chi connectivity index (χ4n) is 1.34. The van der Waals surface area contributed by atoms with E-state index in [1.165, 1.54) is 19.1 Å². The first-order valence-corrected chi connectivity index (χ1v) is 5.22. The number of amides is 1. The molecule has 0 saturated heterocycles. The fraction of sp³-hybridized carbons (Fsp3) is 0.273. The highest BCUT2D eigenvalue weighted by atomic mass is 35.5. The highest BCUT2D eigenvalue weighted by Gasteiger charge is 2.26. The van der Waals surface area contributed by atoms with Crippen molar-refractivity contribution in [3.63, 3.8) is 0 Å². The maximum absolute atomic E-state index is 11.0. The SMILES string of the molecule is CC(=O)N(Cl)[C@@H](Cc1ccc(O)cc1)C(=O)O. The molecular formula is C11H12ClNO4. The molecule has 17 heavy (non-hydrogen) atoms. The number of aliphatic carboxylic acids is 1. The van der Waals surface area contributed by atoms with Gasteiger partial charge in [-0.05, 0) is 17.7 Å². The van der Waals surface area contributed by atoms with Crippen molar-refractivity contribution in [2.45, 2.75) is 19.4 Å². The summed E-state index contributed by atoms with van der Waals surface area (Å²) in [4.78, 5) is 22.0. The lowest BCUT2D eigenvalue weighted by molar-refractivity contribution is -0.145. The van der Waals surface area contributed by atoms with Gasteiger partial charge < -0.3 is 10.2 Å². The van der Waals surface area contributed by atoms with Crippen LogP contribution in [0.4, 0.5) is 0 Å². The largest absolute Gasteiger partial charge is 0.508 e. The molecule has 0 unspecified atom stereocenters. The van der Waals surface area contributed by atoms with Gasteiger partial charge in [-0.25, -0.2) is 9.21 Å². The number of hydrogen-bond acceptors (Lipinski definition) is 3. The van der Waals surface area contributed by atoms with Crippen molar-refractivity contribution in [1.29, 1.82) is 0 Å². The Labute approximate surface area is 103 Å². The predicted molar refractivity (Wildman–Crippen MR) is 61.6 cm³/mol. The zero-order valence-electron chi connectivity index (χ0n) is 9.13. The molecule has 2 N–H and O–H groups in total. The molecule has 1 amide bonds. The standard InChI is InChI=1S/C11H12ClNO4/c1-7(14)13(12)10(11(16)17)6-8-2-4-9(15)5-3-8/h2-5,10,15H,6H2,1H3,(H,16,17)/t10-/m0/s1. The van der Waals surface area contributed by atoms with Crippen LogP contribution in [0.25, 0.3) is 0 Å². The zero-order valence-corrected chi connectivity index (χ0v) is 9.89. The van der Waals surface area contributed by atoms with Gasteiger partial charge in [0.2, 0.25) is 5.91 Å². The maximum atomic E-state index is 11.0. The number of carboxylic acids is 1. The lowest BCUT2D eigenvalue weighted by Gasteiger charge is -2.20. The van der Waals surface area contributed by atoms with E-state index in [-0.39, 0.29) is 12.2 Å². The number of carbonyl (C=O) groups is 2. The Morgan fingerprint density at radius 1 is 1.35 bits per heavy atom. The van der Waals surface area contributed by atoms with Crippen LogP contribution in [0.2, 0.25) is 0 Å². The van der Waals surface area contributed by atoms with Gasteiger partial charge in [0, 0.05) is 25.1 Å². The van der Waals surface area contributed by atoms with E-state index in [1.54, 1.807) is 12.1 Å². The summed E-state index contributed by atoms with van der Waals surface area (Å²) in [6, 6.07) is 4.92. The molecule has 0 aromatic heterocycles. The number of halogens is 1. The van der Waals surface area contributed by atoms with Crippen LogP contribution in [-0.4, -0.2) is 32.6 Å². The average Bonchev–Trinajstić information content (AvgIpc) is 2.26. The second-order valence-electron chi connectivity index (χ2n) is 3.55. The number of rotatable bonds is 4. The quantitative estimate of drug-likeness (QED) is 0.799. The molecule has 1 rings (SSSR count). The van der Waals surface area contributed by atoms with Crippen LogP contribution >= 0.6 is 11.8 Å². The fourth-order valence-corrected chi connectivity index (χ4v) is 1.49. The maximum Gasteiger partial charge on any atom is 0.328 e. The van der Waals surface area contributed by atoms with E-state index in [0.717, 1.165) is 0 Å². The molecule has 0 saturated carbocycles. The molecule has 0 spiro atoms. The topological polar surface area (TPSA) is 77.8 Å². The highest BCUT2D eigenvalue weighted by molar-refractivity contribution is 6.22. The third kappa shape index (κ3) is 3.64. The van der Waals surface area contributed by atoms with Crippen molar-refractivity contribution in [2.24, 2.45) is 0 Å². The highest BCUT2D eigenvalue weighted by Crippen LogP contribution is 2.15. The van der Waals surface area contributed by atoms with E-state index in [2.05, 4.69) is 0 Å². The molecule has 0 fully saturated rings. The van der Waals surface area contributed by atoms with Crippen molar-refractivity contribution in [2.75, 3.05) is 0 Å². The number of aromatic hydroxyl groups is 1. The molecule has 5 nitrogen and oxygen atoms in total. The minimum Gasteiger partial charge on any atom is -0.508 e. The van der Waals surface area contributed by atoms with Crippen molar-refractivity contribution in [3.8, 4) is 5.75 Å². The summed E-state index contributed by atoms with van der Waals surface area (Å²) < 4.78 is 0.662. The number of nitrogens with zero attached hydrogens (tertiary/aromatic N) is 1. The Balaban J connectivity index is 2.84. The third-order valence-electron chi connectivity index (χ3n) is 2.22. The zero-order chi connectivity index (χ0) is 13.0. The molecule has 0 aliphatic rings. The van der Waals surface area contributed by atoms with Crippen molar-refractivity contribution < 1.29 is 19.8 Å². The van der Waals surface area contributed by atoms with E-state index in [9.17, 15) is 9.59 Å². The lowest BCUT2D eigenvalue weighted by atomic mass is 10.1. The van der Waals surface area contributed by atoms with E-state index < -0.39 is 17.9 Å². The molecule has 0 aliphatic heterocycles. The van der Waals surface area contributed by atoms with Crippen LogP contribution in [0, 0.1) is 0 Å². The van der Waals surface area contributed by atoms with E-state index in [0.29, 0.717) is 9.98 Å². The van der Waals surface area contributed by atoms with Crippen molar-refractivity contribution in [3.05, 3.63) is 29.8 Å². The van der Waals surface area contributed by atoms with Gasteiger partial charge in [-0.1, -0.05) is 12.1 Å². The van der Waals surface area contributed by atoms with Gasteiger partial charge in [0.15, 0.2) is 0 Å². The Bertz CT molecular complexity index is 418. The molecule has 1 aromatic carbocycles. The van der Waals surface area contributed by atoms with Gasteiger partial charge >= 0.3 is 5.97 Å². The Morgan fingerprint density at radius 2 is 1.88 bits per heavy atom. The van der Waals surface area contributed by atoms with Crippen LogP contribution in [0.15, 0.2) is 24.3 Å². The summed E-state index contributed by atoms with van der Waals surface area (Å²) >= 11 is 5.61. The van der Waals surface area contributed by atoms with Crippen LogP contribution < -0.4 is 0 Å². The minimum atomic E-state index is -1.18. The molecule has 1 aromatic rings. The van der Waals surface area contributed by atoms with Crippen LogP contribution in [-0.2, 0) is 16.0 Å². The Morgan fingerprint density at radius 3 is 2.29 bits per heavy atom. The number of carboxylic acid groups (broad SMARTS) is 1. The van der Waals surface area contributed by atoms with Gasteiger partial charge in [-0.3, -0.25) is 4.79 Å². The molecule has 1 atom stereocenters. The first-order valence-electron chi connectivity index (χ1n) is 4.88. The summed E-state index contributed by atoms with van der Waals surface area (Å²) in [5.41, 5.74) is 0.669. The van der Waals surface area contributed by atoms with E-state index in [4.69, 9.17) is 22.0 Å². The van der Waals surface area contributed by atoms with Gasteiger partial charge in [0.25, 0.3) is 0 Å². The summed E-state index contributed by atoms with van der Waals surface area (Å²) in [5, 5.41) is 18.1. The summed E-state index contributed by atoms with van der Waals surface area (Å²) in [6.45, 7) is 1.19. The molecule has 0 heterocycles. The molecule has 0 radical (unpaired) electrons. The molecular weight excluding hydrogens is 246 g/mol. The second-order valence-corrected chi connectivity index (χ2v) is 3.92. The molecule has 0 bridgehead atoms. The third-order valence-corrected chi connectivity index (χ3v) is 2.70. The monoisotopic (exact) mass is 257 g/mol. The van der Waals surface area contributed by atoms with Gasteiger partial charge in [0.05, 0.1) is 0 Å². The van der Waals surface area contributed by atoms with Gasteiger partial charge in [0.1, 0.15) is 11.8 Å². The number of benzene rings is 1. The molecule has 0 aliphatic carbocycles. The van der Waals surface area contributed by atoms with E-state index in [1.807, 2.05) is 0 Å². The molecule has 6 heteroatoms. The summed E-state index contributed by atoms with van der Waals surface area (Å²) in [5.74, 6) is -1.61. The second kappa shape index (κ2) is 5.54. The Hall–Kier alpha value is -1.75. The predicted octanol–water partition coefficient (Wildman–Crippen LogP) is 1.39. The first kappa shape index (κ1) is 13.3. The van der Waals surface area contributed by atoms with Crippen LogP contribution in [0.5, 0.6) is 5.75 Å². The van der Waals surface area contributed by atoms with Gasteiger partial charge in [-0.2, -0.15) is 0 Å². The van der Waals surface area contributed by atoms with Gasteiger partial charge in [-0.15, -0.1) is 0 Å². The average molecular weight is 258 g/mol. The minimum absolute atomic E-state index is 0.0820. The number of phenols is 1. The number of carbonyl (C=O) groups excluding carboxylic acids is 1. The summed E-state index contributed by atoms with van der Waals surface area (Å²) in [7, 11) is 0. The van der Waals surface area contributed by atoms with E-state index >= 15 is 0 Å². The number of phenolic OH excluding ortho intramolecular Hbond substituents is 1. The lowest BCUT2D eigenvalue weighted by Crippen LogP contribution is -2.39.